The van der Waals surface area contributed by atoms with Crippen molar-refractivity contribution in [3.05, 3.63) is 36.7 Å². The molecule has 0 aliphatic rings. The molecule has 0 spiro atoms. The Bertz CT molecular complexity index is 677. The van der Waals surface area contributed by atoms with Crippen molar-refractivity contribution in [3.8, 4) is 5.75 Å². The van der Waals surface area contributed by atoms with Crippen molar-refractivity contribution in [2.45, 2.75) is 5.51 Å². The summed E-state index contributed by atoms with van der Waals surface area (Å²) in [6.07, 6.45) is 2.67. The lowest BCUT2D eigenvalue weighted by Gasteiger charge is -2.10. The molecule has 0 saturated heterocycles. The predicted octanol–water partition coefficient (Wildman–Crippen LogP) is 2.46. The highest BCUT2D eigenvalue weighted by molar-refractivity contribution is 7.88. The summed E-state index contributed by atoms with van der Waals surface area (Å²) in [6, 6.07) is 5.66. The van der Waals surface area contributed by atoms with Gasteiger partial charge in [0.1, 0.15) is 0 Å². The van der Waals surface area contributed by atoms with E-state index in [1.165, 1.54) is 24.5 Å². The van der Waals surface area contributed by atoms with Gasteiger partial charge >= 0.3 is 15.6 Å². The molecule has 0 amide bonds. The Kier molecular flexibility index (Phi) is 2.89. The third kappa shape index (κ3) is 2.23. The zero-order valence-electron chi connectivity index (χ0n) is 8.68. The van der Waals surface area contributed by atoms with Crippen LogP contribution in [0.1, 0.15) is 0 Å². The first kappa shape index (κ1) is 12.6. The first-order valence-corrected chi connectivity index (χ1v) is 6.05. The molecule has 0 N–H and O–H groups in total. The van der Waals surface area contributed by atoms with Gasteiger partial charge in [-0.1, -0.05) is 12.1 Å². The van der Waals surface area contributed by atoms with E-state index in [2.05, 4.69) is 9.17 Å². The van der Waals surface area contributed by atoms with Crippen LogP contribution in [-0.2, 0) is 10.1 Å². The van der Waals surface area contributed by atoms with E-state index in [4.69, 9.17) is 0 Å². The van der Waals surface area contributed by atoms with Crippen molar-refractivity contribution in [3.63, 3.8) is 0 Å². The molecule has 4 nitrogen and oxygen atoms in total. The van der Waals surface area contributed by atoms with Crippen LogP contribution in [0.4, 0.5) is 13.2 Å². The van der Waals surface area contributed by atoms with Gasteiger partial charge in [-0.3, -0.25) is 4.98 Å². The number of aromatic nitrogens is 1. The quantitative estimate of drug-likeness (QED) is 0.625. The normalized spacial score (nSPS) is 12.6. The standard InChI is InChI=1S/C10H6F3NO3S/c11-10(12,13)18(15,16)17-9-3-1-2-7-4-5-14-6-8(7)9/h1-6H. The van der Waals surface area contributed by atoms with E-state index in [1.54, 1.807) is 6.07 Å². The summed E-state index contributed by atoms with van der Waals surface area (Å²) in [4.78, 5) is 3.71. The molecule has 96 valence electrons. The minimum Gasteiger partial charge on any atom is -0.375 e. The Balaban J connectivity index is 2.51. The molecule has 2 aromatic rings. The van der Waals surface area contributed by atoms with Crippen molar-refractivity contribution < 1.29 is 25.8 Å². The van der Waals surface area contributed by atoms with Crippen LogP contribution < -0.4 is 4.18 Å². The fourth-order valence-electron chi connectivity index (χ4n) is 1.32. The first-order chi connectivity index (χ1) is 8.31. The molecule has 0 bridgehead atoms. The van der Waals surface area contributed by atoms with Crippen LogP contribution in [-0.4, -0.2) is 18.9 Å². The summed E-state index contributed by atoms with van der Waals surface area (Å²) >= 11 is 0. The molecule has 0 fully saturated rings. The smallest absolute Gasteiger partial charge is 0.375 e. The third-order valence-corrected chi connectivity index (χ3v) is 3.09. The van der Waals surface area contributed by atoms with E-state index in [1.807, 2.05) is 0 Å². The van der Waals surface area contributed by atoms with E-state index < -0.39 is 21.4 Å². The topological polar surface area (TPSA) is 56.3 Å². The van der Waals surface area contributed by atoms with E-state index in [0.29, 0.717) is 5.39 Å². The molecule has 0 atom stereocenters. The highest BCUT2D eigenvalue weighted by Gasteiger charge is 2.48. The largest absolute Gasteiger partial charge is 0.534 e. The molecule has 1 aromatic heterocycles. The maximum absolute atomic E-state index is 12.2. The fourth-order valence-corrected chi connectivity index (χ4v) is 1.80. The van der Waals surface area contributed by atoms with Gasteiger partial charge in [0.05, 0.1) is 0 Å². The maximum atomic E-state index is 12.2. The molecule has 18 heavy (non-hydrogen) atoms. The summed E-state index contributed by atoms with van der Waals surface area (Å²) in [6.45, 7) is 0. The highest BCUT2D eigenvalue weighted by atomic mass is 32.2. The van der Waals surface area contributed by atoms with Gasteiger partial charge in [-0.05, 0) is 17.5 Å². The molecule has 2 rings (SSSR count). The van der Waals surface area contributed by atoms with Crippen LogP contribution in [0.25, 0.3) is 10.8 Å². The molecule has 0 saturated carbocycles. The Morgan fingerprint density at radius 2 is 1.89 bits per heavy atom. The van der Waals surface area contributed by atoms with Crippen LogP contribution in [0, 0.1) is 0 Å². The molecule has 0 radical (unpaired) electrons. The van der Waals surface area contributed by atoms with Crippen molar-refractivity contribution in [1.29, 1.82) is 0 Å². The zero-order valence-corrected chi connectivity index (χ0v) is 9.49. The summed E-state index contributed by atoms with van der Waals surface area (Å²) in [5, 5.41) is 0.715. The minimum atomic E-state index is -5.67. The van der Waals surface area contributed by atoms with E-state index in [-0.39, 0.29) is 5.39 Å². The Morgan fingerprint density at radius 1 is 1.17 bits per heavy atom. The number of nitrogens with zero attached hydrogens (tertiary/aromatic N) is 1. The first-order valence-electron chi connectivity index (χ1n) is 4.65. The lowest BCUT2D eigenvalue weighted by Crippen LogP contribution is -2.28. The number of pyridine rings is 1. The van der Waals surface area contributed by atoms with Gasteiger partial charge in [-0.25, -0.2) is 0 Å². The van der Waals surface area contributed by atoms with Crippen LogP contribution in [0.15, 0.2) is 36.7 Å². The van der Waals surface area contributed by atoms with Crippen LogP contribution in [0.5, 0.6) is 5.75 Å². The van der Waals surface area contributed by atoms with Crippen molar-refractivity contribution in [1.82, 2.24) is 4.98 Å². The number of halogens is 3. The van der Waals surface area contributed by atoms with Gasteiger partial charge in [0, 0.05) is 17.8 Å². The van der Waals surface area contributed by atoms with Gasteiger partial charge in [-0.2, -0.15) is 21.6 Å². The highest BCUT2D eigenvalue weighted by Crippen LogP contribution is 2.31. The zero-order chi connectivity index (χ0) is 13.4. The van der Waals surface area contributed by atoms with Crippen molar-refractivity contribution in [2.24, 2.45) is 0 Å². The average molecular weight is 277 g/mol. The number of benzene rings is 1. The number of hydrogen-bond acceptors (Lipinski definition) is 4. The van der Waals surface area contributed by atoms with Gasteiger partial charge in [0.25, 0.3) is 0 Å². The monoisotopic (exact) mass is 277 g/mol. The molecule has 1 heterocycles. The second kappa shape index (κ2) is 4.13. The van der Waals surface area contributed by atoms with Crippen LogP contribution >= 0.6 is 0 Å². The molecular weight excluding hydrogens is 271 g/mol. The average Bonchev–Trinajstić information content (AvgIpc) is 2.27. The maximum Gasteiger partial charge on any atom is 0.534 e. The third-order valence-electron chi connectivity index (χ3n) is 2.13. The van der Waals surface area contributed by atoms with Gasteiger partial charge in [-0.15, -0.1) is 0 Å². The Morgan fingerprint density at radius 3 is 2.56 bits per heavy atom. The summed E-state index contributed by atoms with van der Waals surface area (Å²) in [5.74, 6) is -0.405. The van der Waals surface area contributed by atoms with E-state index in [0.717, 1.165) is 6.07 Å². The Hall–Kier alpha value is -1.83. The van der Waals surface area contributed by atoms with Gasteiger partial charge in [0.2, 0.25) is 0 Å². The molecule has 8 heteroatoms. The molecular formula is C10H6F3NO3S. The number of alkyl halides is 3. The van der Waals surface area contributed by atoms with Crippen LogP contribution in [0.2, 0.25) is 0 Å². The Labute approximate surface area is 100 Å². The van der Waals surface area contributed by atoms with Crippen molar-refractivity contribution >= 4 is 20.9 Å². The summed E-state index contributed by atoms with van der Waals surface area (Å²) in [7, 11) is -5.67. The number of hydrogen-bond donors (Lipinski definition) is 0. The van der Waals surface area contributed by atoms with Gasteiger partial charge in [0.15, 0.2) is 5.75 Å². The molecule has 0 aliphatic carbocycles. The predicted molar refractivity (Wildman–Crippen MR) is 57.3 cm³/mol. The van der Waals surface area contributed by atoms with Gasteiger partial charge < -0.3 is 4.18 Å². The van der Waals surface area contributed by atoms with E-state index >= 15 is 0 Å². The fraction of sp³-hybridized carbons (Fsp3) is 0.100. The summed E-state index contributed by atoms with van der Waals surface area (Å²) < 4.78 is 62.5. The second-order valence-corrected chi connectivity index (χ2v) is 4.87. The molecule has 0 unspecified atom stereocenters. The molecule has 0 aliphatic heterocycles. The lowest BCUT2D eigenvalue weighted by atomic mass is 10.2. The van der Waals surface area contributed by atoms with Crippen molar-refractivity contribution in [2.75, 3.05) is 0 Å². The number of rotatable bonds is 2. The SMILES string of the molecule is O=S(=O)(Oc1cccc2ccncc12)C(F)(F)F. The van der Waals surface area contributed by atoms with E-state index in [9.17, 15) is 21.6 Å². The summed E-state index contributed by atoms with van der Waals surface area (Å²) in [5.41, 5.74) is -5.46. The second-order valence-electron chi connectivity index (χ2n) is 3.34. The lowest BCUT2D eigenvalue weighted by molar-refractivity contribution is -0.0499. The molecule has 1 aromatic carbocycles. The minimum absolute atomic E-state index is 0.188. The van der Waals surface area contributed by atoms with Crippen LogP contribution in [0.3, 0.4) is 0 Å². The number of fused-ring (bicyclic) bond motifs is 1.